The van der Waals surface area contributed by atoms with E-state index in [1.807, 2.05) is 0 Å². The smallest absolute Gasteiger partial charge is 0.326 e. The molecule has 0 aromatic carbocycles. The van der Waals surface area contributed by atoms with Crippen molar-refractivity contribution in [2.75, 3.05) is 13.7 Å². The Balaban J connectivity index is 4.12. The lowest BCUT2D eigenvalue weighted by atomic mass is 10.1. The van der Waals surface area contributed by atoms with Crippen molar-refractivity contribution in [1.82, 2.24) is 5.32 Å². The van der Waals surface area contributed by atoms with Crippen LogP contribution in [0.2, 0.25) is 0 Å². The number of amides is 1. The zero-order chi connectivity index (χ0) is 12.6. The van der Waals surface area contributed by atoms with Gasteiger partial charge in [0.05, 0.1) is 6.04 Å². The molecule has 0 aliphatic rings. The quantitative estimate of drug-likeness (QED) is 0.499. The first-order valence-corrected chi connectivity index (χ1v) is 5.30. The zero-order valence-electron chi connectivity index (χ0n) is 9.73. The monoisotopic (exact) mass is 232 g/mol. The predicted molar refractivity (Wildman–Crippen MR) is 58.9 cm³/mol. The second kappa shape index (κ2) is 8.06. The SMILES string of the molecule is CC[C@H](N)C(=O)NC(CCCOC)C(=O)O. The molecule has 0 aliphatic heterocycles. The number of nitrogens with one attached hydrogen (secondary N) is 1. The summed E-state index contributed by atoms with van der Waals surface area (Å²) in [6.07, 6.45) is 1.40. The van der Waals surface area contributed by atoms with Crippen molar-refractivity contribution in [2.24, 2.45) is 5.73 Å². The van der Waals surface area contributed by atoms with Gasteiger partial charge in [-0.2, -0.15) is 0 Å². The summed E-state index contributed by atoms with van der Waals surface area (Å²) in [5.74, 6) is -1.47. The molecule has 0 saturated carbocycles. The first-order valence-electron chi connectivity index (χ1n) is 5.30. The molecule has 2 atom stereocenters. The third kappa shape index (κ3) is 5.67. The normalized spacial score (nSPS) is 14.2. The summed E-state index contributed by atoms with van der Waals surface area (Å²) in [6.45, 7) is 2.24. The molecule has 16 heavy (non-hydrogen) atoms. The van der Waals surface area contributed by atoms with Gasteiger partial charge in [-0.15, -0.1) is 0 Å². The van der Waals surface area contributed by atoms with Gasteiger partial charge in [0.2, 0.25) is 5.91 Å². The number of carboxylic acids is 1. The molecule has 0 aromatic rings. The molecular weight excluding hydrogens is 212 g/mol. The molecule has 0 saturated heterocycles. The summed E-state index contributed by atoms with van der Waals surface area (Å²) in [5.41, 5.74) is 5.49. The Bertz CT molecular complexity index is 233. The molecule has 0 bridgehead atoms. The maximum absolute atomic E-state index is 11.4. The van der Waals surface area contributed by atoms with Crippen molar-refractivity contribution in [1.29, 1.82) is 0 Å². The van der Waals surface area contributed by atoms with Gasteiger partial charge in [0.15, 0.2) is 0 Å². The van der Waals surface area contributed by atoms with E-state index in [1.54, 1.807) is 14.0 Å². The number of hydrogen-bond acceptors (Lipinski definition) is 4. The van der Waals surface area contributed by atoms with Crippen LogP contribution in [-0.2, 0) is 14.3 Å². The van der Waals surface area contributed by atoms with Gasteiger partial charge in [0, 0.05) is 13.7 Å². The highest BCUT2D eigenvalue weighted by atomic mass is 16.5. The number of hydrogen-bond donors (Lipinski definition) is 3. The van der Waals surface area contributed by atoms with Gasteiger partial charge in [-0.3, -0.25) is 4.79 Å². The van der Waals surface area contributed by atoms with Gasteiger partial charge in [-0.05, 0) is 19.3 Å². The van der Waals surface area contributed by atoms with Crippen LogP contribution in [0.1, 0.15) is 26.2 Å². The molecule has 0 spiro atoms. The number of nitrogens with two attached hydrogens (primary N) is 1. The Kier molecular flexibility index (Phi) is 7.49. The fourth-order valence-electron chi connectivity index (χ4n) is 1.15. The van der Waals surface area contributed by atoms with E-state index in [0.717, 1.165) is 0 Å². The summed E-state index contributed by atoms with van der Waals surface area (Å²) >= 11 is 0. The number of methoxy groups -OCH3 is 1. The lowest BCUT2D eigenvalue weighted by Crippen LogP contribution is -2.48. The summed E-state index contributed by atoms with van der Waals surface area (Å²) in [4.78, 5) is 22.2. The van der Waals surface area contributed by atoms with Crippen LogP contribution in [-0.4, -0.2) is 42.8 Å². The van der Waals surface area contributed by atoms with Gasteiger partial charge in [-0.1, -0.05) is 6.92 Å². The Hall–Kier alpha value is -1.14. The topological polar surface area (TPSA) is 102 Å². The molecule has 94 valence electrons. The lowest BCUT2D eigenvalue weighted by Gasteiger charge is -2.16. The second-order valence-corrected chi connectivity index (χ2v) is 3.55. The van der Waals surface area contributed by atoms with Crippen LogP contribution in [0.25, 0.3) is 0 Å². The zero-order valence-corrected chi connectivity index (χ0v) is 9.73. The first kappa shape index (κ1) is 14.9. The summed E-state index contributed by atoms with van der Waals surface area (Å²) < 4.78 is 4.82. The van der Waals surface area contributed by atoms with Gasteiger partial charge < -0.3 is 20.9 Å². The highest BCUT2D eigenvalue weighted by Crippen LogP contribution is 1.99. The lowest BCUT2D eigenvalue weighted by molar-refractivity contribution is -0.142. The largest absolute Gasteiger partial charge is 0.480 e. The van der Waals surface area contributed by atoms with Crippen LogP contribution >= 0.6 is 0 Å². The van der Waals surface area contributed by atoms with Crippen molar-refractivity contribution in [2.45, 2.75) is 38.3 Å². The molecular formula is C10H20N2O4. The fourth-order valence-corrected chi connectivity index (χ4v) is 1.15. The standard InChI is InChI=1S/C10H20N2O4/c1-3-7(11)9(13)12-8(10(14)15)5-4-6-16-2/h7-8H,3-6,11H2,1-2H3,(H,12,13)(H,14,15)/t7-,8?/m0/s1. The van der Waals surface area contributed by atoms with Crippen LogP contribution in [0.5, 0.6) is 0 Å². The van der Waals surface area contributed by atoms with Crippen LogP contribution in [0, 0.1) is 0 Å². The average molecular weight is 232 g/mol. The Morgan fingerprint density at radius 3 is 2.56 bits per heavy atom. The molecule has 0 fully saturated rings. The molecule has 1 amide bonds. The van der Waals surface area contributed by atoms with E-state index < -0.39 is 24.0 Å². The van der Waals surface area contributed by atoms with Gasteiger partial charge >= 0.3 is 5.97 Å². The van der Waals surface area contributed by atoms with E-state index in [1.165, 1.54) is 0 Å². The fraction of sp³-hybridized carbons (Fsp3) is 0.800. The molecule has 6 nitrogen and oxygen atoms in total. The number of aliphatic carboxylic acids is 1. The van der Waals surface area contributed by atoms with Gasteiger partial charge in [0.25, 0.3) is 0 Å². The highest BCUT2D eigenvalue weighted by molar-refractivity contribution is 5.86. The number of rotatable bonds is 8. The Labute approximate surface area is 95.1 Å². The summed E-state index contributed by atoms with van der Waals surface area (Å²) in [7, 11) is 1.54. The number of carbonyl (C=O) groups excluding carboxylic acids is 1. The molecule has 0 aromatic heterocycles. The van der Waals surface area contributed by atoms with E-state index >= 15 is 0 Å². The summed E-state index contributed by atoms with van der Waals surface area (Å²) in [5, 5.41) is 11.3. The molecule has 0 heterocycles. The molecule has 1 unspecified atom stereocenters. The van der Waals surface area contributed by atoms with E-state index in [0.29, 0.717) is 25.9 Å². The first-order chi connectivity index (χ1) is 7.52. The van der Waals surface area contributed by atoms with Crippen molar-refractivity contribution < 1.29 is 19.4 Å². The number of carbonyl (C=O) groups is 2. The van der Waals surface area contributed by atoms with Crippen molar-refractivity contribution in [3.63, 3.8) is 0 Å². The predicted octanol–water partition coefficient (Wildman–Crippen LogP) is -0.280. The van der Waals surface area contributed by atoms with E-state index in [4.69, 9.17) is 15.6 Å². The van der Waals surface area contributed by atoms with Gasteiger partial charge in [-0.25, -0.2) is 4.79 Å². The van der Waals surface area contributed by atoms with Crippen LogP contribution in [0.4, 0.5) is 0 Å². The third-order valence-corrected chi connectivity index (χ3v) is 2.23. The maximum Gasteiger partial charge on any atom is 0.326 e. The van der Waals surface area contributed by atoms with Crippen molar-refractivity contribution >= 4 is 11.9 Å². The number of carboxylic acid groups (broad SMARTS) is 1. The second-order valence-electron chi connectivity index (χ2n) is 3.55. The maximum atomic E-state index is 11.4. The van der Waals surface area contributed by atoms with Crippen molar-refractivity contribution in [3.05, 3.63) is 0 Å². The van der Waals surface area contributed by atoms with E-state index in [-0.39, 0.29) is 0 Å². The summed E-state index contributed by atoms with van der Waals surface area (Å²) in [6, 6.07) is -1.54. The van der Waals surface area contributed by atoms with Crippen LogP contribution in [0.15, 0.2) is 0 Å². The number of ether oxygens (including phenoxy) is 1. The van der Waals surface area contributed by atoms with Gasteiger partial charge in [0.1, 0.15) is 6.04 Å². The minimum Gasteiger partial charge on any atom is -0.480 e. The highest BCUT2D eigenvalue weighted by Gasteiger charge is 2.21. The average Bonchev–Trinajstić information content (AvgIpc) is 2.26. The minimum atomic E-state index is -1.05. The van der Waals surface area contributed by atoms with E-state index in [2.05, 4.69) is 5.32 Å². The van der Waals surface area contributed by atoms with E-state index in [9.17, 15) is 9.59 Å². The molecule has 0 aliphatic carbocycles. The third-order valence-electron chi connectivity index (χ3n) is 2.23. The molecule has 4 N–H and O–H groups in total. The molecule has 6 heteroatoms. The minimum absolute atomic E-state index is 0.339. The molecule has 0 radical (unpaired) electrons. The molecule has 0 rings (SSSR count). The van der Waals surface area contributed by atoms with Crippen LogP contribution in [0.3, 0.4) is 0 Å². The van der Waals surface area contributed by atoms with Crippen molar-refractivity contribution in [3.8, 4) is 0 Å². The van der Waals surface area contributed by atoms with Crippen LogP contribution < -0.4 is 11.1 Å². The Morgan fingerprint density at radius 1 is 1.50 bits per heavy atom. The Morgan fingerprint density at radius 2 is 2.12 bits per heavy atom.